The Labute approximate surface area is 121 Å². The molecule has 1 aliphatic rings. The zero-order valence-electron chi connectivity index (χ0n) is 11.5. The van der Waals surface area contributed by atoms with E-state index in [9.17, 15) is 13.2 Å². The summed E-state index contributed by atoms with van der Waals surface area (Å²) in [7, 11) is 0. The lowest BCUT2D eigenvalue weighted by Gasteiger charge is -2.32. The number of thiazole rings is 1. The van der Waals surface area contributed by atoms with Gasteiger partial charge in [0.2, 0.25) is 0 Å². The van der Waals surface area contributed by atoms with Crippen LogP contribution < -0.4 is 5.32 Å². The fourth-order valence-corrected chi connectivity index (χ4v) is 3.09. The Morgan fingerprint density at radius 1 is 1.40 bits per heavy atom. The molecular weight excluding hydrogens is 287 g/mol. The second kappa shape index (κ2) is 6.76. The summed E-state index contributed by atoms with van der Waals surface area (Å²) in [5.74, 6) is 0. The van der Waals surface area contributed by atoms with E-state index >= 15 is 0 Å². The molecule has 0 spiro atoms. The first-order valence-corrected chi connectivity index (χ1v) is 7.82. The first kappa shape index (κ1) is 15.6. The van der Waals surface area contributed by atoms with Crippen molar-refractivity contribution in [3.8, 4) is 0 Å². The second-order valence-electron chi connectivity index (χ2n) is 5.14. The number of likely N-dealkylation sites (tertiary alicyclic amines) is 1. The molecule has 0 unspecified atom stereocenters. The smallest absolute Gasteiger partial charge is 0.359 e. The summed E-state index contributed by atoms with van der Waals surface area (Å²) in [6, 6.07) is 0.236. The van der Waals surface area contributed by atoms with Gasteiger partial charge in [-0.1, -0.05) is 24.7 Å². The van der Waals surface area contributed by atoms with E-state index in [4.69, 9.17) is 0 Å². The van der Waals surface area contributed by atoms with Crippen LogP contribution in [-0.4, -0.2) is 35.6 Å². The van der Waals surface area contributed by atoms with Crippen molar-refractivity contribution in [2.24, 2.45) is 0 Å². The number of aromatic nitrogens is 1. The number of unbranched alkanes of at least 4 members (excludes halogenated alkanes) is 1. The largest absolute Gasteiger partial charge is 0.427 e. The van der Waals surface area contributed by atoms with Gasteiger partial charge in [-0.05, 0) is 25.8 Å². The summed E-state index contributed by atoms with van der Waals surface area (Å²) in [6.07, 6.45) is 0.941. The van der Waals surface area contributed by atoms with Crippen molar-refractivity contribution in [3.63, 3.8) is 0 Å². The van der Waals surface area contributed by atoms with Crippen LogP contribution in [0.1, 0.15) is 37.5 Å². The topological polar surface area (TPSA) is 28.2 Å². The van der Waals surface area contributed by atoms with Gasteiger partial charge in [-0.2, -0.15) is 13.2 Å². The third-order valence-electron chi connectivity index (χ3n) is 3.53. The van der Waals surface area contributed by atoms with Gasteiger partial charge >= 0.3 is 6.18 Å². The van der Waals surface area contributed by atoms with E-state index < -0.39 is 11.1 Å². The summed E-state index contributed by atoms with van der Waals surface area (Å²) < 4.78 is 37.5. The average molecular weight is 307 g/mol. The summed E-state index contributed by atoms with van der Waals surface area (Å²) in [5.41, 5.74) is 0. The number of piperidine rings is 1. The maximum atomic E-state index is 12.5. The SMILES string of the molecule is CCCCN1CCC(Nc2ncc(C(F)(F)F)s2)CC1. The van der Waals surface area contributed by atoms with Gasteiger partial charge in [-0.25, -0.2) is 4.98 Å². The molecule has 2 heterocycles. The molecule has 3 nitrogen and oxygen atoms in total. The maximum absolute atomic E-state index is 12.5. The van der Waals surface area contributed by atoms with E-state index in [1.54, 1.807) is 0 Å². The highest BCUT2D eigenvalue weighted by atomic mass is 32.1. The minimum atomic E-state index is -4.29. The van der Waals surface area contributed by atoms with Crippen molar-refractivity contribution >= 4 is 16.5 Å². The van der Waals surface area contributed by atoms with Crippen LogP contribution in [0, 0.1) is 0 Å². The highest BCUT2D eigenvalue weighted by Gasteiger charge is 2.33. The molecule has 2 rings (SSSR count). The summed E-state index contributed by atoms with van der Waals surface area (Å²) in [6.45, 7) is 5.32. The standard InChI is InChI=1S/C13H20F3N3S/c1-2-3-6-19-7-4-10(5-8-19)18-12-17-9-11(20-12)13(14,15)16/h9-10H,2-8H2,1H3,(H,17,18). The Kier molecular flexibility index (Phi) is 5.26. The Bertz CT molecular complexity index is 411. The number of anilines is 1. The molecule has 0 radical (unpaired) electrons. The number of rotatable bonds is 5. The number of hydrogen-bond donors (Lipinski definition) is 1. The van der Waals surface area contributed by atoms with Crippen molar-refractivity contribution in [3.05, 3.63) is 11.1 Å². The summed E-state index contributed by atoms with van der Waals surface area (Å²) in [5, 5.41) is 3.51. The lowest BCUT2D eigenvalue weighted by atomic mass is 10.1. The second-order valence-corrected chi connectivity index (χ2v) is 6.17. The van der Waals surface area contributed by atoms with Gasteiger partial charge < -0.3 is 10.2 Å². The fourth-order valence-electron chi connectivity index (χ4n) is 2.33. The van der Waals surface area contributed by atoms with Gasteiger partial charge in [0.15, 0.2) is 5.13 Å². The van der Waals surface area contributed by atoms with Crippen LogP contribution in [0.3, 0.4) is 0 Å². The molecule has 1 aromatic heterocycles. The molecule has 0 aromatic carbocycles. The van der Waals surface area contributed by atoms with E-state index in [0.29, 0.717) is 16.5 Å². The molecule has 1 N–H and O–H groups in total. The van der Waals surface area contributed by atoms with Crippen LogP contribution in [0.2, 0.25) is 0 Å². The molecule has 1 aromatic rings. The van der Waals surface area contributed by atoms with Crippen molar-refractivity contribution in [1.29, 1.82) is 0 Å². The van der Waals surface area contributed by atoms with E-state index in [1.807, 2.05) is 0 Å². The molecule has 0 bridgehead atoms. The molecule has 1 saturated heterocycles. The number of nitrogens with zero attached hydrogens (tertiary/aromatic N) is 2. The predicted molar refractivity (Wildman–Crippen MR) is 75.1 cm³/mol. The first-order chi connectivity index (χ1) is 9.49. The molecule has 20 heavy (non-hydrogen) atoms. The van der Waals surface area contributed by atoms with Crippen molar-refractivity contribution < 1.29 is 13.2 Å². The Morgan fingerprint density at radius 2 is 2.10 bits per heavy atom. The van der Waals surface area contributed by atoms with E-state index in [0.717, 1.165) is 38.7 Å². The third-order valence-corrected chi connectivity index (χ3v) is 4.50. The lowest BCUT2D eigenvalue weighted by molar-refractivity contribution is -0.134. The lowest BCUT2D eigenvalue weighted by Crippen LogP contribution is -2.39. The Hall–Kier alpha value is -0.820. The van der Waals surface area contributed by atoms with Crippen LogP contribution in [-0.2, 0) is 6.18 Å². The molecule has 0 atom stereocenters. The number of nitrogens with one attached hydrogen (secondary N) is 1. The van der Waals surface area contributed by atoms with Crippen LogP contribution in [0.15, 0.2) is 6.20 Å². The van der Waals surface area contributed by atoms with E-state index in [1.165, 1.54) is 12.8 Å². The third kappa shape index (κ3) is 4.34. The van der Waals surface area contributed by atoms with E-state index in [-0.39, 0.29) is 6.04 Å². The quantitative estimate of drug-likeness (QED) is 0.896. The van der Waals surface area contributed by atoms with Gasteiger partial charge in [-0.3, -0.25) is 0 Å². The molecule has 114 valence electrons. The number of alkyl halides is 3. The van der Waals surface area contributed by atoms with Crippen molar-refractivity contribution in [1.82, 2.24) is 9.88 Å². The summed E-state index contributed by atoms with van der Waals surface area (Å²) in [4.78, 5) is 5.60. The molecule has 0 aliphatic carbocycles. The van der Waals surface area contributed by atoms with Gasteiger partial charge in [0.05, 0.1) is 6.20 Å². The zero-order chi connectivity index (χ0) is 14.6. The number of hydrogen-bond acceptors (Lipinski definition) is 4. The normalized spacial score (nSPS) is 18.4. The molecule has 0 amide bonds. The molecule has 0 saturated carbocycles. The highest BCUT2D eigenvalue weighted by Crippen LogP contribution is 2.35. The predicted octanol–water partition coefficient (Wildman–Crippen LogP) is 3.84. The van der Waals surface area contributed by atoms with Crippen molar-refractivity contribution in [2.75, 3.05) is 25.0 Å². The van der Waals surface area contributed by atoms with Crippen LogP contribution >= 0.6 is 11.3 Å². The summed E-state index contributed by atoms with van der Waals surface area (Å²) >= 11 is 0.687. The zero-order valence-corrected chi connectivity index (χ0v) is 12.4. The molecular formula is C13H20F3N3S. The van der Waals surface area contributed by atoms with Gasteiger partial charge in [-0.15, -0.1) is 0 Å². The average Bonchev–Trinajstić information content (AvgIpc) is 2.86. The first-order valence-electron chi connectivity index (χ1n) is 7.01. The highest BCUT2D eigenvalue weighted by molar-refractivity contribution is 7.15. The van der Waals surface area contributed by atoms with Gasteiger partial charge in [0, 0.05) is 19.1 Å². The molecule has 7 heteroatoms. The number of halogens is 3. The Morgan fingerprint density at radius 3 is 2.65 bits per heavy atom. The monoisotopic (exact) mass is 307 g/mol. The van der Waals surface area contributed by atoms with Gasteiger partial charge in [0.25, 0.3) is 0 Å². The van der Waals surface area contributed by atoms with Crippen LogP contribution in [0.5, 0.6) is 0 Å². The molecule has 1 fully saturated rings. The fraction of sp³-hybridized carbons (Fsp3) is 0.769. The van der Waals surface area contributed by atoms with Crippen LogP contribution in [0.4, 0.5) is 18.3 Å². The van der Waals surface area contributed by atoms with Crippen molar-refractivity contribution in [2.45, 2.75) is 44.8 Å². The van der Waals surface area contributed by atoms with Gasteiger partial charge in [0.1, 0.15) is 4.88 Å². The van der Waals surface area contributed by atoms with E-state index in [2.05, 4.69) is 22.1 Å². The maximum Gasteiger partial charge on any atom is 0.427 e. The minimum absolute atomic E-state index is 0.236. The molecule has 1 aliphatic heterocycles. The van der Waals surface area contributed by atoms with Crippen LogP contribution in [0.25, 0.3) is 0 Å². The Balaban J connectivity index is 1.79. The minimum Gasteiger partial charge on any atom is -0.359 e.